The molecule has 4 N–H and O–H groups in total. The van der Waals surface area contributed by atoms with Crippen LogP contribution in [0.15, 0.2) is 24.3 Å². The molecule has 22 heavy (non-hydrogen) atoms. The molecule has 0 aliphatic heterocycles. The summed E-state index contributed by atoms with van der Waals surface area (Å²) < 4.78 is 0. The fourth-order valence-corrected chi connectivity index (χ4v) is 3.51. The van der Waals surface area contributed by atoms with Crippen LogP contribution >= 0.6 is 0 Å². The van der Waals surface area contributed by atoms with Crippen molar-refractivity contribution in [3.8, 4) is 0 Å². The number of unbranched alkanes of at least 4 members (excludes halogenated alkanes) is 2. The number of aliphatic hydroxyl groups is 2. The van der Waals surface area contributed by atoms with Gasteiger partial charge in [0.25, 0.3) is 0 Å². The maximum atomic E-state index is 10.6. The van der Waals surface area contributed by atoms with Crippen molar-refractivity contribution in [2.75, 3.05) is 13.2 Å². The fraction of sp³-hybridized carbons (Fsp3) is 0.684. The van der Waals surface area contributed by atoms with Crippen molar-refractivity contribution in [2.24, 2.45) is 17.6 Å². The summed E-state index contributed by atoms with van der Waals surface area (Å²) in [6, 6.07) is 8.45. The Bertz CT molecular complexity index is 410. The predicted octanol–water partition coefficient (Wildman–Crippen LogP) is 3.19. The molecule has 3 heteroatoms. The molecule has 3 nitrogen and oxygen atoms in total. The van der Waals surface area contributed by atoms with E-state index in [-0.39, 0.29) is 12.7 Å². The van der Waals surface area contributed by atoms with E-state index >= 15 is 0 Å². The van der Waals surface area contributed by atoms with Crippen LogP contribution in [0, 0.1) is 11.8 Å². The number of benzene rings is 1. The highest BCUT2D eigenvalue weighted by Crippen LogP contribution is 2.36. The molecule has 2 rings (SSSR count). The maximum Gasteiger partial charge on any atom is 0.0818 e. The molecule has 1 unspecified atom stereocenters. The van der Waals surface area contributed by atoms with E-state index in [9.17, 15) is 5.11 Å². The zero-order valence-corrected chi connectivity index (χ0v) is 13.6. The van der Waals surface area contributed by atoms with Gasteiger partial charge in [0, 0.05) is 6.61 Å². The third-order valence-corrected chi connectivity index (χ3v) is 5.12. The number of rotatable bonds is 8. The lowest BCUT2D eigenvalue weighted by atomic mass is 9.78. The molecule has 0 bridgehead atoms. The summed E-state index contributed by atoms with van der Waals surface area (Å²) in [4.78, 5) is 0. The van der Waals surface area contributed by atoms with E-state index in [0.29, 0.717) is 11.8 Å². The standard InChI is InChI=1S/C19H31NO2/c20-14-16-7-11-18(12-8-16)19(22)17-9-5-15(6-10-17)4-2-1-3-13-21/h5-6,9-10,16,18-19,21-22H,1-4,7-8,11-14,20H2. The normalized spacial score (nSPS) is 23.4. The third kappa shape index (κ3) is 5.08. The molecular formula is C19H31NO2. The molecule has 1 atom stereocenters. The Kier molecular flexibility index (Phi) is 7.37. The Morgan fingerprint density at radius 3 is 2.27 bits per heavy atom. The highest BCUT2D eigenvalue weighted by atomic mass is 16.3. The fourth-order valence-electron chi connectivity index (χ4n) is 3.51. The molecule has 1 aromatic rings. The van der Waals surface area contributed by atoms with Crippen LogP contribution in [0.5, 0.6) is 0 Å². The Balaban J connectivity index is 1.82. The van der Waals surface area contributed by atoms with Gasteiger partial charge in [-0.2, -0.15) is 0 Å². The van der Waals surface area contributed by atoms with Crippen LogP contribution in [-0.4, -0.2) is 23.4 Å². The summed E-state index contributed by atoms with van der Waals surface area (Å²) in [6.45, 7) is 1.07. The summed E-state index contributed by atoms with van der Waals surface area (Å²) in [5.41, 5.74) is 8.11. The Morgan fingerprint density at radius 1 is 1.00 bits per heavy atom. The summed E-state index contributed by atoms with van der Waals surface area (Å²) in [6.07, 6.45) is 8.29. The van der Waals surface area contributed by atoms with Crippen LogP contribution in [0.2, 0.25) is 0 Å². The van der Waals surface area contributed by atoms with Gasteiger partial charge in [0.2, 0.25) is 0 Å². The van der Waals surface area contributed by atoms with Gasteiger partial charge in [0.15, 0.2) is 0 Å². The topological polar surface area (TPSA) is 66.5 Å². The first-order valence-electron chi connectivity index (χ1n) is 8.82. The van der Waals surface area contributed by atoms with E-state index in [1.165, 1.54) is 5.56 Å². The first-order chi connectivity index (χ1) is 10.7. The van der Waals surface area contributed by atoms with Crippen molar-refractivity contribution in [1.29, 1.82) is 0 Å². The maximum absolute atomic E-state index is 10.6. The Labute approximate surface area is 134 Å². The van der Waals surface area contributed by atoms with E-state index in [1.54, 1.807) is 0 Å². The first kappa shape index (κ1) is 17.5. The van der Waals surface area contributed by atoms with E-state index in [1.807, 2.05) is 0 Å². The molecule has 1 fully saturated rings. The van der Waals surface area contributed by atoms with E-state index in [0.717, 1.165) is 63.5 Å². The minimum absolute atomic E-state index is 0.289. The van der Waals surface area contributed by atoms with Gasteiger partial charge in [-0.3, -0.25) is 0 Å². The second-order valence-corrected chi connectivity index (χ2v) is 6.74. The monoisotopic (exact) mass is 305 g/mol. The second-order valence-electron chi connectivity index (χ2n) is 6.74. The number of aliphatic hydroxyl groups excluding tert-OH is 2. The van der Waals surface area contributed by atoms with Crippen molar-refractivity contribution < 1.29 is 10.2 Å². The van der Waals surface area contributed by atoms with Crippen molar-refractivity contribution in [3.05, 3.63) is 35.4 Å². The van der Waals surface area contributed by atoms with Gasteiger partial charge in [0.05, 0.1) is 6.10 Å². The minimum Gasteiger partial charge on any atom is -0.396 e. The lowest BCUT2D eigenvalue weighted by Gasteiger charge is -2.31. The van der Waals surface area contributed by atoms with Gasteiger partial charge in [-0.1, -0.05) is 30.7 Å². The SMILES string of the molecule is NCC1CCC(C(O)c2ccc(CCCCCO)cc2)CC1. The molecule has 1 aromatic carbocycles. The molecule has 1 aliphatic carbocycles. The summed E-state index contributed by atoms with van der Waals surface area (Å²) in [5.74, 6) is 1.04. The van der Waals surface area contributed by atoms with Gasteiger partial charge in [-0.05, 0) is 74.5 Å². The smallest absolute Gasteiger partial charge is 0.0818 e. The third-order valence-electron chi connectivity index (χ3n) is 5.12. The predicted molar refractivity (Wildman–Crippen MR) is 90.5 cm³/mol. The number of hydrogen-bond donors (Lipinski definition) is 3. The highest BCUT2D eigenvalue weighted by molar-refractivity contribution is 5.24. The van der Waals surface area contributed by atoms with Gasteiger partial charge < -0.3 is 15.9 Å². The zero-order valence-electron chi connectivity index (χ0n) is 13.6. The molecule has 0 saturated heterocycles. The van der Waals surface area contributed by atoms with Crippen LogP contribution in [0.4, 0.5) is 0 Å². The lowest BCUT2D eigenvalue weighted by molar-refractivity contribution is 0.0744. The molecule has 0 aromatic heterocycles. The average Bonchev–Trinajstić information content (AvgIpc) is 2.59. The Morgan fingerprint density at radius 2 is 1.68 bits per heavy atom. The summed E-state index contributed by atoms with van der Waals surface area (Å²) >= 11 is 0. The average molecular weight is 305 g/mol. The largest absolute Gasteiger partial charge is 0.396 e. The van der Waals surface area contributed by atoms with Crippen LogP contribution < -0.4 is 5.73 Å². The summed E-state index contributed by atoms with van der Waals surface area (Å²) in [5, 5.41) is 19.4. The highest BCUT2D eigenvalue weighted by Gasteiger charge is 2.26. The molecule has 1 aliphatic rings. The first-order valence-corrected chi connectivity index (χ1v) is 8.82. The molecule has 0 heterocycles. The van der Waals surface area contributed by atoms with Crippen molar-refractivity contribution in [2.45, 2.75) is 57.5 Å². The van der Waals surface area contributed by atoms with E-state index in [2.05, 4.69) is 24.3 Å². The van der Waals surface area contributed by atoms with Gasteiger partial charge in [-0.15, -0.1) is 0 Å². The minimum atomic E-state index is -0.331. The van der Waals surface area contributed by atoms with Gasteiger partial charge >= 0.3 is 0 Å². The molecule has 0 amide bonds. The quantitative estimate of drug-likeness (QED) is 0.646. The van der Waals surface area contributed by atoms with Crippen LogP contribution in [0.1, 0.15) is 62.2 Å². The van der Waals surface area contributed by atoms with E-state index < -0.39 is 0 Å². The van der Waals surface area contributed by atoms with Gasteiger partial charge in [0.1, 0.15) is 0 Å². The second kappa shape index (κ2) is 9.29. The molecule has 0 radical (unpaired) electrons. The van der Waals surface area contributed by atoms with Crippen molar-refractivity contribution in [1.82, 2.24) is 0 Å². The van der Waals surface area contributed by atoms with Crippen LogP contribution in [-0.2, 0) is 6.42 Å². The van der Waals surface area contributed by atoms with Gasteiger partial charge in [-0.25, -0.2) is 0 Å². The van der Waals surface area contributed by atoms with Crippen LogP contribution in [0.3, 0.4) is 0 Å². The van der Waals surface area contributed by atoms with Crippen molar-refractivity contribution >= 4 is 0 Å². The molecule has 0 spiro atoms. The molecule has 1 saturated carbocycles. The number of aryl methyl sites for hydroxylation is 1. The van der Waals surface area contributed by atoms with E-state index in [4.69, 9.17) is 10.8 Å². The van der Waals surface area contributed by atoms with Crippen molar-refractivity contribution in [3.63, 3.8) is 0 Å². The molecular weight excluding hydrogens is 274 g/mol. The summed E-state index contributed by atoms with van der Waals surface area (Å²) in [7, 11) is 0. The number of nitrogens with two attached hydrogens (primary N) is 1. The Hall–Kier alpha value is -0.900. The lowest BCUT2D eigenvalue weighted by Crippen LogP contribution is -2.24. The molecule has 124 valence electrons. The van der Waals surface area contributed by atoms with Crippen LogP contribution in [0.25, 0.3) is 0 Å². The number of hydrogen-bond acceptors (Lipinski definition) is 3. The zero-order chi connectivity index (χ0) is 15.8.